The van der Waals surface area contributed by atoms with Gasteiger partial charge in [0, 0.05) is 32.8 Å². The van der Waals surface area contributed by atoms with E-state index in [1.807, 2.05) is 26.0 Å². The van der Waals surface area contributed by atoms with Crippen LogP contribution in [0, 0.1) is 0 Å². The van der Waals surface area contributed by atoms with Crippen LogP contribution >= 0.6 is 0 Å². The largest absolute Gasteiger partial charge is 0.338 e. The predicted molar refractivity (Wildman–Crippen MR) is 118 cm³/mol. The van der Waals surface area contributed by atoms with Gasteiger partial charge in [-0.25, -0.2) is 8.42 Å². The van der Waals surface area contributed by atoms with Crippen LogP contribution in [-0.2, 0) is 27.8 Å². The highest BCUT2D eigenvalue weighted by molar-refractivity contribution is 7.89. The molecule has 156 valence electrons. The molecule has 5 nitrogen and oxygen atoms in total. The van der Waals surface area contributed by atoms with Crippen molar-refractivity contribution in [2.45, 2.75) is 38.6 Å². The van der Waals surface area contributed by atoms with Crippen molar-refractivity contribution in [2.75, 3.05) is 20.1 Å². The molecule has 0 aliphatic carbocycles. The minimum absolute atomic E-state index is 0.107. The summed E-state index contributed by atoms with van der Waals surface area (Å²) < 4.78 is 26.5. The molecule has 0 saturated carbocycles. The van der Waals surface area contributed by atoms with Crippen molar-refractivity contribution >= 4 is 22.0 Å². The van der Waals surface area contributed by atoms with E-state index in [1.165, 1.54) is 15.9 Å². The summed E-state index contributed by atoms with van der Waals surface area (Å²) in [6, 6.07) is 14.8. The van der Waals surface area contributed by atoms with Crippen molar-refractivity contribution in [3.05, 3.63) is 71.3 Å². The summed E-state index contributed by atoms with van der Waals surface area (Å²) in [5, 5.41) is 0. The van der Waals surface area contributed by atoms with Gasteiger partial charge in [0.15, 0.2) is 0 Å². The Labute approximate surface area is 174 Å². The smallest absolute Gasteiger partial charge is 0.246 e. The molecule has 0 aliphatic heterocycles. The standard InChI is InChI=1S/C23H30N2O3S/c1-5-19-8-10-21(11-9-19)18-24(4)23(26)17-14-20-12-15-22(16-13-20)29(27,28)25(6-2)7-3/h8-17H,5-7,18H2,1-4H3/b17-14+. The van der Waals surface area contributed by atoms with Gasteiger partial charge in [-0.2, -0.15) is 4.31 Å². The molecule has 0 unspecified atom stereocenters. The molecule has 0 fully saturated rings. The maximum atomic E-state index is 12.5. The molecule has 2 aromatic carbocycles. The van der Waals surface area contributed by atoms with E-state index in [1.54, 1.807) is 42.3 Å². The lowest BCUT2D eigenvalue weighted by Crippen LogP contribution is -2.30. The highest BCUT2D eigenvalue weighted by Crippen LogP contribution is 2.17. The minimum Gasteiger partial charge on any atom is -0.338 e. The molecule has 29 heavy (non-hydrogen) atoms. The van der Waals surface area contributed by atoms with Crippen LogP contribution in [0.1, 0.15) is 37.5 Å². The number of rotatable bonds is 9. The lowest BCUT2D eigenvalue weighted by molar-refractivity contribution is -0.125. The first-order valence-electron chi connectivity index (χ1n) is 9.93. The molecule has 0 saturated heterocycles. The number of sulfonamides is 1. The molecule has 0 bridgehead atoms. The molecule has 0 aliphatic rings. The SMILES string of the molecule is CCc1ccc(CN(C)C(=O)/C=C/c2ccc(S(=O)(=O)N(CC)CC)cc2)cc1. The number of carbonyl (C=O) groups is 1. The van der Waals surface area contributed by atoms with E-state index in [9.17, 15) is 13.2 Å². The lowest BCUT2D eigenvalue weighted by Gasteiger charge is -2.18. The second kappa shape index (κ2) is 10.4. The number of hydrogen-bond donors (Lipinski definition) is 0. The van der Waals surface area contributed by atoms with E-state index in [2.05, 4.69) is 19.1 Å². The van der Waals surface area contributed by atoms with E-state index in [0.717, 1.165) is 17.5 Å². The zero-order chi connectivity index (χ0) is 21.4. The van der Waals surface area contributed by atoms with Crippen molar-refractivity contribution in [2.24, 2.45) is 0 Å². The van der Waals surface area contributed by atoms with Gasteiger partial charge in [-0.05, 0) is 41.3 Å². The van der Waals surface area contributed by atoms with E-state index in [4.69, 9.17) is 0 Å². The second-order valence-corrected chi connectivity index (χ2v) is 8.79. The van der Waals surface area contributed by atoms with Crippen molar-refractivity contribution in [1.29, 1.82) is 0 Å². The molecular weight excluding hydrogens is 384 g/mol. The Kier molecular flexibility index (Phi) is 8.17. The molecule has 0 spiro atoms. The monoisotopic (exact) mass is 414 g/mol. The van der Waals surface area contributed by atoms with Gasteiger partial charge in [0.25, 0.3) is 0 Å². The molecule has 2 rings (SSSR count). The average molecular weight is 415 g/mol. The van der Waals surface area contributed by atoms with Crippen molar-refractivity contribution < 1.29 is 13.2 Å². The normalized spacial score (nSPS) is 11.9. The van der Waals surface area contributed by atoms with E-state index < -0.39 is 10.0 Å². The summed E-state index contributed by atoms with van der Waals surface area (Å²) in [6.07, 6.45) is 4.20. The first-order valence-corrected chi connectivity index (χ1v) is 11.4. The lowest BCUT2D eigenvalue weighted by atomic mass is 10.1. The maximum absolute atomic E-state index is 12.5. The molecule has 2 aromatic rings. The third kappa shape index (κ3) is 6.02. The van der Waals surface area contributed by atoms with Crippen LogP contribution < -0.4 is 0 Å². The minimum atomic E-state index is -3.47. The first-order chi connectivity index (χ1) is 13.8. The van der Waals surface area contributed by atoms with E-state index in [0.29, 0.717) is 19.6 Å². The number of amides is 1. The van der Waals surface area contributed by atoms with E-state index in [-0.39, 0.29) is 10.8 Å². The number of benzene rings is 2. The Morgan fingerprint density at radius 3 is 1.97 bits per heavy atom. The van der Waals surface area contributed by atoms with Crippen LogP contribution in [0.25, 0.3) is 6.08 Å². The van der Waals surface area contributed by atoms with E-state index >= 15 is 0 Å². The van der Waals surface area contributed by atoms with Crippen LogP contribution in [0.15, 0.2) is 59.5 Å². The summed E-state index contributed by atoms with van der Waals surface area (Å²) in [6.45, 7) is 7.15. The predicted octanol–water partition coefficient (Wildman–Crippen LogP) is 3.95. The fourth-order valence-electron chi connectivity index (χ4n) is 2.99. The Balaban J connectivity index is 2.02. The zero-order valence-electron chi connectivity index (χ0n) is 17.6. The Hall–Kier alpha value is -2.44. The molecule has 0 radical (unpaired) electrons. The number of carbonyl (C=O) groups excluding carboxylic acids is 1. The van der Waals surface area contributed by atoms with Crippen molar-refractivity contribution in [1.82, 2.24) is 9.21 Å². The van der Waals surface area contributed by atoms with Gasteiger partial charge in [-0.3, -0.25) is 4.79 Å². The second-order valence-electron chi connectivity index (χ2n) is 6.86. The van der Waals surface area contributed by atoms with Gasteiger partial charge in [0.1, 0.15) is 0 Å². The Bertz CT molecular complexity index is 929. The van der Waals surface area contributed by atoms with Gasteiger partial charge in [0.05, 0.1) is 4.90 Å². The summed E-state index contributed by atoms with van der Waals surface area (Å²) in [7, 11) is -1.70. The fraction of sp³-hybridized carbons (Fsp3) is 0.348. The molecule has 0 aromatic heterocycles. The number of nitrogens with zero attached hydrogens (tertiary/aromatic N) is 2. The zero-order valence-corrected chi connectivity index (χ0v) is 18.4. The Morgan fingerprint density at radius 1 is 0.897 bits per heavy atom. The average Bonchev–Trinajstić information content (AvgIpc) is 2.73. The molecule has 0 heterocycles. The van der Waals surface area contributed by atoms with Crippen LogP contribution in [-0.4, -0.2) is 43.7 Å². The van der Waals surface area contributed by atoms with Crippen LogP contribution in [0.5, 0.6) is 0 Å². The third-order valence-corrected chi connectivity index (χ3v) is 6.93. The molecule has 6 heteroatoms. The van der Waals surface area contributed by atoms with Gasteiger partial charge < -0.3 is 4.90 Å². The number of aryl methyl sites for hydroxylation is 1. The number of hydrogen-bond acceptors (Lipinski definition) is 3. The third-order valence-electron chi connectivity index (χ3n) is 4.87. The highest BCUT2D eigenvalue weighted by Gasteiger charge is 2.20. The van der Waals surface area contributed by atoms with Gasteiger partial charge in [-0.1, -0.05) is 57.2 Å². The van der Waals surface area contributed by atoms with Crippen molar-refractivity contribution in [3.63, 3.8) is 0 Å². The maximum Gasteiger partial charge on any atom is 0.246 e. The van der Waals surface area contributed by atoms with Crippen molar-refractivity contribution in [3.8, 4) is 0 Å². The summed E-state index contributed by atoms with van der Waals surface area (Å²) in [5.74, 6) is -0.107. The molecular formula is C23H30N2O3S. The van der Waals surface area contributed by atoms with Crippen LogP contribution in [0.4, 0.5) is 0 Å². The fourth-order valence-corrected chi connectivity index (χ4v) is 4.45. The first kappa shape index (κ1) is 22.8. The molecule has 0 atom stereocenters. The van der Waals surface area contributed by atoms with Gasteiger partial charge in [-0.15, -0.1) is 0 Å². The summed E-state index contributed by atoms with van der Waals surface area (Å²) in [5.41, 5.74) is 3.13. The summed E-state index contributed by atoms with van der Waals surface area (Å²) >= 11 is 0. The number of likely N-dealkylation sites (N-methyl/N-ethyl adjacent to an activating group) is 1. The molecule has 1 amide bonds. The van der Waals surface area contributed by atoms with Gasteiger partial charge >= 0.3 is 0 Å². The Morgan fingerprint density at radius 2 is 1.45 bits per heavy atom. The van der Waals surface area contributed by atoms with Crippen LogP contribution in [0.3, 0.4) is 0 Å². The van der Waals surface area contributed by atoms with Crippen LogP contribution in [0.2, 0.25) is 0 Å². The quantitative estimate of drug-likeness (QED) is 0.584. The summed E-state index contributed by atoms with van der Waals surface area (Å²) in [4.78, 5) is 14.3. The topological polar surface area (TPSA) is 57.7 Å². The highest BCUT2D eigenvalue weighted by atomic mass is 32.2. The van der Waals surface area contributed by atoms with Gasteiger partial charge in [0.2, 0.25) is 15.9 Å². The molecule has 0 N–H and O–H groups in total.